The van der Waals surface area contributed by atoms with Crippen molar-refractivity contribution in [1.29, 1.82) is 0 Å². The van der Waals surface area contributed by atoms with E-state index >= 15 is 0 Å². The van der Waals surface area contributed by atoms with Crippen molar-refractivity contribution in [2.24, 2.45) is 0 Å². The van der Waals surface area contributed by atoms with Gasteiger partial charge in [0.25, 0.3) is 11.8 Å². The van der Waals surface area contributed by atoms with E-state index in [1.165, 1.54) is 16.2 Å². The summed E-state index contributed by atoms with van der Waals surface area (Å²) in [6.07, 6.45) is -0.106. The van der Waals surface area contributed by atoms with Crippen LogP contribution in [0.2, 0.25) is 5.02 Å². The molecule has 0 fully saturated rings. The van der Waals surface area contributed by atoms with Gasteiger partial charge in [0.05, 0.1) is 17.4 Å². The van der Waals surface area contributed by atoms with Crippen molar-refractivity contribution in [3.05, 3.63) is 81.1 Å². The lowest BCUT2D eigenvalue weighted by Crippen LogP contribution is -2.33. The third kappa shape index (κ3) is 3.96. The minimum absolute atomic E-state index is 0.106. The number of amides is 2. The highest BCUT2D eigenvalue weighted by Crippen LogP contribution is 2.39. The molecule has 1 aliphatic rings. The molecule has 2 heterocycles. The Kier molecular flexibility index (Phi) is 5.85. The topological polar surface area (TPSA) is 58.6 Å². The number of imide groups is 1. The van der Waals surface area contributed by atoms with E-state index in [2.05, 4.69) is 5.32 Å². The second kappa shape index (κ2) is 8.57. The number of rotatable bonds is 6. The molecule has 31 heavy (non-hydrogen) atoms. The molecule has 2 aromatic carbocycles. The van der Waals surface area contributed by atoms with E-state index in [0.717, 1.165) is 5.56 Å². The highest BCUT2D eigenvalue weighted by atomic mass is 35.5. The fraction of sp³-hybridized carbons (Fsp3) is 0.167. The Morgan fingerprint density at radius 2 is 1.77 bits per heavy atom. The molecule has 0 saturated carbocycles. The number of carbonyl (C=O) groups is 2. The summed E-state index contributed by atoms with van der Waals surface area (Å²) in [7, 11) is 0. The molecule has 0 saturated heterocycles. The Morgan fingerprint density at radius 1 is 1.00 bits per heavy atom. The molecule has 1 N–H and O–H groups in total. The van der Waals surface area contributed by atoms with Gasteiger partial charge >= 0.3 is 0 Å². The van der Waals surface area contributed by atoms with Crippen LogP contribution in [0.3, 0.4) is 0 Å². The predicted octanol–water partition coefficient (Wildman–Crippen LogP) is 5.89. The number of anilines is 2. The van der Waals surface area contributed by atoms with Crippen molar-refractivity contribution in [3.8, 4) is 5.75 Å². The second-order valence-electron chi connectivity index (χ2n) is 7.34. The third-order valence-electron chi connectivity index (χ3n) is 4.85. The van der Waals surface area contributed by atoms with Gasteiger partial charge in [-0.15, -0.1) is 11.3 Å². The van der Waals surface area contributed by atoms with Gasteiger partial charge in [-0.2, -0.15) is 0 Å². The van der Waals surface area contributed by atoms with E-state index in [9.17, 15) is 9.59 Å². The molecule has 1 aliphatic heterocycles. The van der Waals surface area contributed by atoms with E-state index in [1.807, 2.05) is 50.4 Å². The molecule has 3 aromatic rings. The van der Waals surface area contributed by atoms with E-state index in [0.29, 0.717) is 32.6 Å². The van der Waals surface area contributed by atoms with E-state index in [1.54, 1.807) is 30.3 Å². The fourth-order valence-corrected chi connectivity index (χ4v) is 4.33. The lowest BCUT2D eigenvalue weighted by molar-refractivity contribution is -0.120. The van der Waals surface area contributed by atoms with Crippen LogP contribution in [0.15, 0.2) is 65.7 Å². The maximum absolute atomic E-state index is 13.6. The molecule has 2 amide bonds. The van der Waals surface area contributed by atoms with E-state index < -0.39 is 11.8 Å². The Labute approximate surface area is 189 Å². The van der Waals surface area contributed by atoms with Gasteiger partial charge in [0, 0.05) is 15.6 Å². The van der Waals surface area contributed by atoms with Gasteiger partial charge < -0.3 is 10.1 Å². The van der Waals surface area contributed by atoms with Crippen molar-refractivity contribution in [2.75, 3.05) is 10.2 Å². The number of benzene rings is 2. The maximum Gasteiger partial charge on any atom is 0.282 e. The molecule has 4 rings (SSSR count). The summed E-state index contributed by atoms with van der Waals surface area (Å²) in [6, 6.07) is 16.2. The van der Waals surface area contributed by atoms with Crippen LogP contribution in [0.4, 0.5) is 11.4 Å². The zero-order valence-electron chi connectivity index (χ0n) is 17.3. The first-order chi connectivity index (χ1) is 14.9. The standard InChI is InChI=1S/C24H21ClN2O3S/c1-14(2)30-19-11-5-4-10-18(19)27-23(28)21(20-12-7-13-31-20)22(24(27)29)26-17-9-6-8-16(25)15(17)3/h4-14,26H,1-3H3. The van der Waals surface area contributed by atoms with Crippen molar-refractivity contribution >= 4 is 51.7 Å². The molecule has 0 bridgehead atoms. The highest BCUT2D eigenvalue weighted by Gasteiger charge is 2.42. The first-order valence-corrected chi connectivity index (χ1v) is 11.1. The lowest BCUT2D eigenvalue weighted by atomic mass is 10.1. The molecule has 0 atom stereocenters. The van der Waals surface area contributed by atoms with Crippen LogP contribution < -0.4 is 15.0 Å². The largest absolute Gasteiger partial charge is 0.489 e. The van der Waals surface area contributed by atoms with Crippen LogP contribution in [-0.2, 0) is 9.59 Å². The summed E-state index contributed by atoms with van der Waals surface area (Å²) >= 11 is 7.67. The number of hydrogen-bond donors (Lipinski definition) is 1. The summed E-state index contributed by atoms with van der Waals surface area (Å²) in [5.74, 6) is -0.355. The molecule has 0 radical (unpaired) electrons. The minimum atomic E-state index is -0.437. The van der Waals surface area contributed by atoms with Crippen molar-refractivity contribution < 1.29 is 14.3 Å². The van der Waals surface area contributed by atoms with Crippen molar-refractivity contribution in [3.63, 3.8) is 0 Å². The Morgan fingerprint density at radius 3 is 2.48 bits per heavy atom. The Hall–Kier alpha value is -3.09. The van der Waals surface area contributed by atoms with Gasteiger partial charge in [-0.1, -0.05) is 35.9 Å². The number of para-hydroxylation sites is 2. The molecule has 5 nitrogen and oxygen atoms in total. The first kappa shape index (κ1) is 21.2. The number of carbonyl (C=O) groups excluding carboxylic acids is 2. The van der Waals surface area contributed by atoms with Crippen LogP contribution in [0.1, 0.15) is 24.3 Å². The van der Waals surface area contributed by atoms with Gasteiger partial charge in [-0.25, -0.2) is 4.90 Å². The quantitative estimate of drug-likeness (QED) is 0.473. The average Bonchev–Trinajstić information content (AvgIpc) is 3.33. The molecule has 0 unspecified atom stereocenters. The molecule has 0 aliphatic carbocycles. The van der Waals surface area contributed by atoms with Crippen LogP contribution in [0, 0.1) is 6.92 Å². The third-order valence-corrected chi connectivity index (χ3v) is 6.14. The molecule has 0 spiro atoms. The predicted molar refractivity (Wildman–Crippen MR) is 126 cm³/mol. The summed E-state index contributed by atoms with van der Waals surface area (Å²) < 4.78 is 5.87. The van der Waals surface area contributed by atoms with E-state index in [-0.39, 0.29) is 11.8 Å². The van der Waals surface area contributed by atoms with Gasteiger partial charge in [0.1, 0.15) is 11.4 Å². The average molecular weight is 453 g/mol. The number of hydrogen-bond acceptors (Lipinski definition) is 5. The normalized spacial score (nSPS) is 14.0. The summed E-state index contributed by atoms with van der Waals surface area (Å²) in [5, 5.41) is 5.63. The van der Waals surface area contributed by atoms with Crippen molar-refractivity contribution in [1.82, 2.24) is 0 Å². The fourth-order valence-electron chi connectivity index (χ4n) is 3.39. The maximum atomic E-state index is 13.6. The van der Waals surface area contributed by atoms with Gasteiger partial charge in [-0.05, 0) is 62.0 Å². The number of nitrogens with zero attached hydrogens (tertiary/aromatic N) is 1. The number of halogens is 1. The monoisotopic (exact) mass is 452 g/mol. The second-order valence-corrected chi connectivity index (χ2v) is 8.70. The molecule has 7 heteroatoms. The molecular weight excluding hydrogens is 432 g/mol. The summed E-state index contributed by atoms with van der Waals surface area (Å²) in [5.41, 5.74) is 2.44. The van der Waals surface area contributed by atoms with Gasteiger partial charge in [0.15, 0.2) is 0 Å². The van der Waals surface area contributed by atoms with Crippen molar-refractivity contribution in [2.45, 2.75) is 26.9 Å². The number of thiophene rings is 1. The zero-order chi connectivity index (χ0) is 22.1. The van der Waals surface area contributed by atoms with Crippen LogP contribution in [0.25, 0.3) is 5.57 Å². The van der Waals surface area contributed by atoms with Crippen LogP contribution >= 0.6 is 22.9 Å². The van der Waals surface area contributed by atoms with Gasteiger partial charge in [0.2, 0.25) is 0 Å². The van der Waals surface area contributed by atoms with E-state index in [4.69, 9.17) is 16.3 Å². The summed E-state index contributed by atoms with van der Waals surface area (Å²) in [6.45, 7) is 5.66. The highest BCUT2D eigenvalue weighted by molar-refractivity contribution is 7.11. The first-order valence-electron chi connectivity index (χ1n) is 9.83. The zero-order valence-corrected chi connectivity index (χ0v) is 18.9. The Balaban J connectivity index is 1.82. The molecular formula is C24H21ClN2O3S. The Bertz CT molecular complexity index is 1190. The van der Waals surface area contributed by atoms with Crippen LogP contribution in [0.5, 0.6) is 5.75 Å². The smallest absolute Gasteiger partial charge is 0.282 e. The number of ether oxygens (including phenoxy) is 1. The lowest BCUT2D eigenvalue weighted by Gasteiger charge is -2.20. The SMILES string of the molecule is Cc1c(Cl)cccc1NC1=C(c2cccs2)C(=O)N(c2ccccc2OC(C)C)C1=O. The number of nitrogens with one attached hydrogen (secondary N) is 1. The van der Waals surface area contributed by atoms with Gasteiger partial charge in [-0.3, -0.25) is 9.59 Å². The minimum Gasteiger partial charge on any atom is -0.489 e. The molecule has 1 aromatic heterocycles. The summed E-state index contributed by atoms with van der Waals surface area (Å²) in [4.78, 5) is 29.0. The molecule has 158 valence electrons. The van der Waals surface area contributed by atoms with Crippen LogP contribution in [-0.4, -0.2) is 17.9 Å².